The Kier molecular flexibility index (Phi) is 4.47. The molecule has 1 aliphatic rings. The molecular weight excluding hydrogens is 308 g/mol. The molecule has 104 valence electrons. The van der Waals surface area contributed by atoms with Gasteiger partial charge in [0.15, 0.2) is 0 Å². The van der Waals surface area contributed by atoms with E-state index in [-0.39, 0.29) is 17.1 Å². The molecule has 1 fully saturated rings. The highest BCUT2D eigenvalue weighted by Crippen LogP contribution is 2.35. The molecule has 0 unspecified atom stereocenters. The maximum absolute atomic E-state index is 12.5. The summed E-state index contributed by atoms with van der Waals surface area (Å²) in [5.74, 6) is 0.0987. The van der Waals surface area contributed by atoms with Crippen molar-refractivity contribution in [1.82, 2.24) is 5.32 Å². The first-order chi connectivity index (χ1) is 9.07. The van der Waals surface area contributed by atoms with Gasteiger partial charge in [0.05, 0.1) is 11.1 Å². The molecule has 0 aromatic heterocycles. The maximum atomic E-state index is 12.5. The zero-order valence-electron chi connectivity index (χ0n) is 11.0. The van der Waals surface area contributed by atoms with Gasteiger partial charge in [0.25, 0.3) is 0 Å². The van der Waals surface area contributed by atoms with E-state index in [1.807, 2.05) is 6.92 Å². The van der Waals surface area contributed by atoms with Crippen molar-refractivity contribution in [1.29, 1.82) is 0 Å². The third-order valence-corrected chi connectivity index (χ3v) is 4.42. The number of rotatable bonds is 3. The summed E-state index contributed by atoms with van der Waals surface area (Å²) in [5.41, 5.74) is 0.144. The van der Waals surface area contributed by atoms with E-state index < -0.39 is 0 Å². The summed E-state index contributed by atoms with van der Waals surface area (Å²) < 4.78 is 0.830. The van der Waals surface area contributed by atoms with Gasteiger partial charge in [0.2, 0.25) is 5.91 Å². The SMILES string of the molecule is CCC1(C(=O)Nc2cc(Br)ccc2O)CCNCC1. The highest BCUT2D eigenvalue weighted by Gasteiger charge is 2.37. The molecule has 1 aromatic rings. The Labute approximate surface area is 121 Å². The van der Waals surface area contributed by atoms with Crippen molar-refractivity contribution in [2.24, 2.45) is 5.41 Å². The number of carbonyl (C=O) groups is 1. The number of aromatic hydroxyl groups is 1. The fourth-order valence-corrected chi connectivity index (χ4v) is 2.87. The van der Waals surface area contributed by atoms with E-state index in [0.29, 0.717) is 5.69 Å². The molecule has 1 amide bonds. The van der Waals surface area contributed by atoms with Crippen LogP contribution in [0.3, 0.4) is 0 Å². The van der Waals surface area contributed by atoms with Crippen LogP contribution in [0.25, 0.3) is 0 Å². The smallest absolute Gasteiger partial charge is 0.230 e. The van der Waals surface area contributed by atoms with Crippen molar-refractivity contribution in [3.8, 4) is 5.75 Å². The third-order valence-electron chi connectivity index (χ3n) is 3.93. The minimum Gasteiger partial charge on any atom is -0.506 e. The molecule has 1 aromatic carbocycles. The Bertz CT molecular complexity index is 471. The molecule has 0 bridgehead atoms. The quantitative estimate of drug-likeness (QED) is 0.748. The number of carbonyl (C=O) groups excluding carboxylic acids is 1. The van der Waals surface area contributed by atoms with Crippen molar-refractivity contribution < 1.29 is 9.90 Å². The molecule has 0 spiro atoms. The predicted octanol–water partition coefficient (Wildman–Crippen LogP) is 2.87. The van der Waals surface area contributed by atoms with Gasteiger partial charge in [-0.1, -0.05) is 22.9 Å². The van der Waals surface area contributed by atoms with Gasteiger partial charge < -0.3 is 15.7 Å². The van der Waals surface area contributed by atoms with Crippen molar-refractivity contribution in [3.05, 3.63) is 22.7 Å². The minimum absolute atomic E-state index is 0.00454. The lowest BCUT2D eigenvalue weighted by Gasteiger charge is -2.35. The van der Waals surface area contributed by atoms with E-state index in [1.54, 1.807) is 18.2 Å². The molecule has 0 atom stereocenters. The zero-order valence-corrected chi connectivity index (χ0v) is 12.6. The molecule has 19 heavy (non-hydrogen) atoms. The number of hydrogen-bond acceptors (Lipinski definition) is 3. The lowest BCUT2D eigenvalue weighted by Crippen LogP contribution is -2.44. The van der Waals surface area contributed by atoms with Crippen LogP contribution in [0.15, 0.2) is 22.7 Å². The molecule has 1 saturated heterocycles. The first-order valence-corrected chi connectivity index (χ1v) is 7.37. The molecule has 1 heterocycles. The topological polar surface area (TPSA) is 61.4 Å². The van der Waals surface area contributed by atoms with Crippen LogP contribution in [0.5, 0.6) is 5.75 Å². The van der Waals surface area contributed by atoms with E-state index in [2.05, 4.69) is 26.6 Å². The lowest BCUT2D eigenvalue weighted by atomic mass is 9.76. The van der Waals surface area contributed by atoms with Gasteiger partial charge in [-0.05, 0) is 50.6 Å². The number of piperidine rings is 1. The van der Waals surface area contributed by atoms with Gasteiger partial charge in [-0.2, -0.15) is 0 Å². The van der Waals surface area contributed by atoms with Crippen LogP contribution in [-0.4, -0.2) is 24.1 Å². The molecule has 1 aliphatic heterocycles. The average Bonchev–Trinajstić information content (AvgIpc) is 2.43. The van der Waals surface area contributed by atoms with E-state index in [9.17, 15) is 9.90 Å². The number of halogens is 1. The molecule has 0 saturated carbocycles. The minimum atomic E-state index is -0.319. The number of amides is 1. The second-order valence-corrected chi connectivity index (χ2v) is 5.92. The second kappa shape index (κ2) is 5.92. The first-order valence-electron chi connectivity index (χ1n) is 6.58. The van der Waals surface area contributed by atoms with Crippen molar-refractivity contribution >= 4 is 27.5 Å². The van der Waals surface area contributed by atoms with Crippen LogP contribution in [-0.2, 0) is 4.79 Å². The zero-order chi connectivity index (χ0) is 13.9. The van der Waals surface area contributed by atoms with Gasteiger partial charge in [0.1, 0.15) is 5.75 Å². The Balaban J connectivity index is 2.17. The third kappa shape index (κ3) is 3.09. The second-order valence-electron chi connectivity index (χ2n) is 5.00. The monoisotopic (exact) mass is 326 g/mol. The normalized spacial score (nSPS) is 18.0. The molecule has 4 nitrogen and oxygen atoms in total. The molecule has 3 N–H and O–H groups in total. The summed E-state index contributed by atoms with van der Waals surface area (Å²) in [4.78, 5) is 12.5. The number of benzene rings is 1. The molecule has 0 radical (unpaired) electrons. The van der Waals surface area contributed by atoms with Crippen LogP contribution in [0, 0.1) is 5.41 Å². The van der Waals surface area contributed by atoms with Crippen molar-refractivity contribution in [2.45, 2.75) is 26.2 Å². The number of hydrogen-bond donors (Lipinski definition) is 3. The first kappa shape index (κ1) is 14.3. The Morgan fingerprint density at radius 3 is 2.79 bits per heavy atom. The Morgan fingerprint density at radius 2 is 2.16 bits per heavy atom. The summed E-state index contributed by atoms with van der Waals surface area (Å²) in [6, 6.07) is 5.03. The van der Waals surface area contributed by atoms with Crippen molar-refractivity contribution in [3.63, 3.8) is 0 Å². The summed E-state index contributed by atoms with van der Waals surface area (Å²) in [7, 11) is 0. The van der Waals surface area contributed by atoms with Gasteiger partial charge in [-0.3, -0.25) is 4.79 Å². The standard InChI is InChI=1S/C14H19BrN2O2/c1-2-14(5-7-16-8-6-14)13(19)17-11-9-10(15)3-4-12(11)18/h3-4,9,16,18H,2,5-8H2,1H3,(H,17,19). The fourth-order valence-electron chi connectivity index (χ4n) is 2.51. The number of anilines is 1. The fraction of sp³-hybridized carbons (Fsp3) is 0.500. The highest BCUT2D eigenvalue weighted by atomic mass is 79.9. The van der Waals surface area contributed by atoms with E-state index >= 15 is 0 Å². The van der Waals surface area contributed by atoms with Crippen LogP contribution >= 0.6 is 15.9 Å². The van der Waals surface area contributed by atoms with Gasteiger partial charge in [-0.25, -0.2) is 0 Å². The van der Waals surface area contributed by atoms with Gasteiger partial charge >= 0.3 is 0 Å². The Hall–Kier alpha value is -1.07. The molecule has 2 rings (SSSR count). The molecule has 5 heteroatoms. The molecule has 0 aliphatic carbocycles. The van der Waals surface area contributed by atoms with Gasteiger partial charge in [0, 0.05) is 4.47 Å². The number of nitrogens with one attached hydrogen (secondary N) is 2. The van der Waals surface area contributed by atoms with Crippen LogP contribution < -0.4 is 10.6 Å². The van der Waals surface area contributed by atoms with Crippen LogP contribution in [0.1, 0.15) is 26.2 Å². The average molecular weight is 327 g/mol. The van der Waals surface area contributed by atoms with Crippen LogP contribution in [0.4, 0.5) is 5.69 Å². The summed E-state index contributed by atoms with van der Waals surface area (Å²) in [5, 5.41) is 15.9. The largest absolute Gasteiger partial charge is 0.506 e. The summed E-state index contributed by atoms with van der Waals surface area (Å²) >= 11 is 3.34. The van der Waals surface area contributed by atoms with E-state index in [1.165, 1.54) is 0 Å². The predicted molar refractivity (Wildman–Crippen MR) is 79.3 cm³/mol. The molecular formula is C14H19BrN2O2. The summed E-state index contributed by atoms with van der Waals surface area (Å²) in [6.45, 7) is 3.78. The van der Waals surface area contributed by atoms with Crippen LogP contribution in [0.2, 0.25) is 0 Å². The lowest BCUT2D eigenvalue weighted by molar-refractivity contribution is -0.127. The maximum Gasteiger partial charge on any atom is 0.230 e. The summed E-state index contributed by atoms with van der Waals surface area (Å²) in [6.07, 6.45) is 2.49. The highest BCUT2D eigenvalue weighted by molar-refractivity contribution is 9.10. The van der Waals surface area contributed by atoms with Crippen molar-refractivity contribution in [2.75, 3.05) is 18.4 Å². The van der Waals surface area contributed by atoms with E-state index in [4.69, 9.17) is 0 Å². The number of phenolic OH excluding ortho intramolecular Hbond substituents is 1. The van der Waals surface area contributed by atoms with Gasteiger partial charge in [-0.15, -0.1) is 0 Å². The number of phenols is 1. The Morgan fingerprint density at radius 1 is 1.47 bits per heavy atom. The van der Waals surface area contributed by atoms with E-state index in [0.717, 1.165) is 36.8 Å².